The highest BCUT2D eigenvalue weighted by Gasteiger charge is 2.26. The van der Waals surface area contributed by atoms with Crippen molar-refractivity contribution in [2.24, 2.45) is 0 Å². The van der Waals surface area contributed by atoms with Crippen LogP contribution < -0.4 is 15.5 Å². The van der Waals surface area contributed by atoms with Crippen molar-refractivity contribution in [1.82, 2.24) is 30.4 Å². The molecule has 4 rings (SSSR count). The van der Waals surface area contributed by atoms with Gasteiger partial charge in [0, 0.05) is 56.0 Å². The second-order valence-electron chi connectivity index (χ2n) is 8.05. The van der Waals surface area contributed by atoms with Gasteiger partial charge in [-0.05, 0) is 26.7 Å². The lowest BCUT2D eigenvalue weighted by atomic mass is 10.2. The number of aromatic amines is 1. The van der Waals surface area contributed by atoms with Gasteiger partial charge < -0.3 is 15.5 Å². The van der Waals surface area contributed by atoms with Gasteiger partial charge in [0.15, 0.2) is 5.82 Å². The molecular weight excluding hydrogens is 380 g/mol. The molecule has 3 N–H and O–H groups in total. The van der Waals surface area contributed by atoms with E-state index >= 15 is 0 Å². The fourth-order valence-corrected chi connectivity index (χ4v) is 3.55. The molecule has 30 heavy (non-hydrogen) atoms. The van der Waals surface area contributed by atoms with Gasteiger partial charge >= 0.3 is 0 Å². The molecule has 0 bridgehead atoms. The van der Waals surface area contributed by atoms with E-state index in [0.29, 0.717) is 29.5 Å². The molecule has 0 aromatic carbocycles. The Morgan fingerprint density at radius 2 is 2.00 bits per heavy atom. The van der Waals surface area contributed by atoms with Gasteiger partial charge in [-0.25, -0.2) is 4.98 Å². The maximum Gasteiger partial charge on any atom is 0.270 e. The fraction of sp³-hybridized carbons (Fsp3) is 0.524. The lowest BCUT2D eigenvalue weighted by Crippen LogP contribution is -2.49. The molecule has 1 aliphatic heterocycles. The average molecular weight is 409 g/mol. The first kappa shape index (κ1) is 20.2. The summed E-state index contributed by atoms with van der Waals surface area (Å²) in [5.74, 6) is 4.43. The second-order valence-corrected chi connectivity index (χ2v) is 8.05. The number of H-pyrrole nitrogens is 1. The largest absolute Gasteiger partial charge is 0.340 e. The van der Waals surface area contributed by atoms with Crippen LogP contribution in [-0.2, 0) is 0 Å². The average Bonchev–Trinajstić information content (AvgIpc) is 3.51. The summed E-state index contributed by atoms with van der Waals surface area (Å²) in [5.41, 5.74) is 1.41. The lowest BCUT2D eigenvalue weighted by molar-refractivity contribution is 0.0953. The number of amides is 1. The molecule has 0 unspecified atom stereocenters. The van der Waals surface area contributed by atoms with Gasteiger partial charge in [0.2, 0.25) is 5.95 Å². The third-order valence-corrected chi connectivity index (χ3v) is 5.50. The molecule has 9 heteroatoms. The summed E-state index contributed by atoms with van der Waals surface area (Å²) in [7, 11) is 0. The number of hydrogen-bond donors (Lipinski definition) is 3. The van der Waals surface area contributed by atoms with Crippen LogP contribution in [0.25, 0.3) is 0 Å². The highest BCUT2D eigenvalue weighted by molar-refractivity contribution is 5.93. The third kappa shape index (κ3) is 4.71. The minimum atomic E-state index is -0.318. The van der Waals surface area contributed by atoms with E-state index in [1.54, 1.807) is 6.07 Å². The molecule has 3 heterocycles. The zero-order chi connectivity index (χ0) is 21.1. The molecule has 1 saturated carbocycles. The minimum Gasteiger partial charge on any atom is -0.340 e. The number of rotatable bonds is 7. The molecule has 0 spiro atoms. The molecule has 1 amide bonds. The van der Waals surface area contributed by atoms with Crippen molar-refractivity contribution in [3.8, 4) is 12.3 Å². The predicted octanol–water partition coefficient (Wildman–Crippen LogP) is 1.71. The minimum absolute atomic E-state index is 0.151. The molecule has 9 nitrogen and oxygen atoms in total. The number of carbonyl (C=O) groups is 1. The van der Waals surface area contributed by atoms with E-state index in [1.807, 2.05) is 6.07 Å². The van der Waals surface area contributed by atoms with Crippen molar-refractivity contribution >= 4 is 23.5 Å². The number of piperazine rings is 1. The SMILES string of the molecule is C#CCNC(=O)c1cc(Nc2cc(C3CC3)[nH]n2)nc(N2CCN(C(C)C)CC2)n1. The lowest BCUT2D eigenvalue weighted by Gasteiger charge is -2.37. The van der Waals surface area contributed by atoms with Crippen molar-refractivity contribution in [3.63, 3.8) is 0 Å². The molecule has 2 aliphatic rings. The van der Waals surface area contributed by atoms with Crippen LogP contribution in [-0.4, -0.2) is 69.7 Å². The smallest absolute Gasteiger partial charge is 0.270 e. The molecule has 0 radical (unpaired) electrons. The van der Waals surface area contributed by atoms with Crippen LogP contribution in [0.1, 0.15) is 48.8 Å². The van der Waals surface area contributed by atoms with E-state index in [1.165, 1.54) is 12.8 Å². The quantitative estimate of drug-likeness (QED) is 0.600. The summed E-state index contributed by atoms with van der Waals surface area (Å²) in [4.78, 5) is 26.2. The van der Waals surface area contributed by atoms with Gasteiger partial charge in [0.25, 0.3) is 5.91 Å². The number of terminal acetylenes is 1. The summed E-state index contributed by atoms with van der Waals surface area (Å²) in [6.45, 7) is 8.03. The van der Waals surface area contributed by atoms with Gasteiger partial charge in [-0.2, -0.15) is 10.1 Å². The first-order valence-electron chi connectivity index (χ1n) is 10.5. The molecule has 158 valence electrons. The summed E-state index contributed by atoms with van der Waals surface area (Å²) >= 11 is 0. The Morgan fingerprint density at radius 1 is 1.23 bits per heavy atom. The van der Waals surface area contributed by atoms with Gasteiger partial charge in [0.1, 0.15) is 11.5 Å². The molecule has 1 aliphatic carbocycles. The highest BCUT2D eigenvalue weighted by Crippen LogP contribution is 2.39. The number of carbonyl (C=O) groups excluding carboxylic acids is 1. The highest BCUT2D eigenvalue weighted by atomic mass is 16.1. The van der Waals surface area contributed by atoms with Crippen LogP contribution in [0, 0.1) is 12.3 Å². The fourth-order valence-electron chi connectivity index (χ4n) is 3.55. The Morgan fingerprint density at radius 3 is 2.67 bits per heavy atom. The summed E-state index contributed by atoms with van der Waals surface area (Å²) < 4.78 is 0. The van der Waals surface area contributed by atoms with Crippen molar-refractivity contribution in [1.29, 1.82) is 0 Å². The number of nitrogens with one attached hydrogen (secondary N) is 3. The first-order valence-corrected chi connectivity index (χ1v) is 10.5. The molecule has 2 fully saturated rings. The number of aromatic nitrogens is 4. The zero-order valence-electron chi connectivity index (χ0n) is 17.5. The van der Waals surface area contributed by atoms with Crippen molar-refractivity contribution < 1.29 is 4.79 Å². The molecule has 2 aromatic heterocycles. The number of anilines is 3. The Kier molecular flexibility index (Phi) is 5.86. The molecule has 1 saturated heterocycles. The standard InChI is InChI=1S/C21H28N8O/c1-4-7-22-20(30)17-13-18(24-19-12-16(26-27-19)15-5-6-15)25-21(23-17)29-10-8-28(9-11-29)14(2)3/h1,12-15H,5-11H2,2-3H3,(H,22,30)(H2,23,24,25,26,27). The Hall–Kier alpha value is -3.12. The molecular formula is C21H28N8O. The third-order valence-electron chi connectivity index (χ3n) is 5.50. The van der Waals surface area contributed by atoms with E-state index in [9.17, 15) is 4.79 Å². The summed E-state index contributed by atoms with van der Waals surface area (Å²) in [6.07, 6.45) is 7.66. The van der Waals surface area contributed by atoms with Gasteiger partial charge in [-0.1, -0.05) is 5.92 Å². The summed E-state index contributed by atoms with van der Waals surface area (Å²) in [5, 5.41) is 13.3. The Balaban J connectivity index is 1.55. The van der Waals surface area contributed by atoms with Crippen molar-refractivity contribution in [3.05, 3.63) is 23.5 Å². The van der Waals surface area contributed by atoms with Crippen LogP contribution in [0.5, 0.6) is 0 Å². The van der Waals surface area contributed by atoms with E-state index in [2.05, 4.69) is 60.4 Å². The first-order chi connectivity index (χ1) is 14.5. The van der Waals surface area contributed by atoms with Gasteiger partial charge in [0.05, 0.1) is 6.54 Å². The number of nitrogens with zero attached hydrogens (tertiary/aromatic N) is 5. The van der Waals surface area contributed by atoms with Crippen LogP contribution in [0.3, 0.4) is 0 Å². The molecule has 0 atom stereocenters. The normalized spacial score (nSPS) is 17.1. The van der Waals surface area contributed by atoms with E-state index in [0.717, 1.165) is 31.9 Å². The second kappa shape index (κ2) is 8.71. The van der Waals surface area contributed by atoms with E-state index in [4.69, 9.17) is 6.42 Å². The maximum atomic E-state index is 12.5. The van der Waals surface area contributed by atoms with Crippen LogP contribution >= 0.6 is 0 Å². The van der Waals surface area contributed by atoms with Gasteiger partial charge in [-0.3, -0.25) is 14.8 Å². The molecule has 2 aromatic rings. The van der Waals surface area contributed by atoms with Gasteiger partial charge in [-0.15, -0.1) is 6.42 Å². The van der Waals surface area contributed by atoms with Crippen LogP contribution in [0.4, 0.5) is 17.6 Å². The maximum absolute atomic E-state index is 12.5. The van der Waals surface area contributed by atoms with Crippen LogP contribution in [0.2, 0.25) is 0 Å². The van der Waals surface area contributed by atoms with Crippen molar-refractivity contribution in [2.75, 3.05) is 42.9 Å². The Bertz CT molecular complexity index is 935. The number of hydrogen-bond acceptors (Lipinski definition) is 7. The van der Waals surface area contributed by atoms with Crippen molar-refractivity contribution in [2.45, 2.75) is 38.6 Å². The predicted molar refractivity (Wildman–Crippen MR) is 116 cm³/mol. The summed E-state index contributed by atoms with van der Waals surface area (Å²) in [6, 6.07) is 4.14. The van der Waals surface area contributed by atoms with Crippen LogP contribution in [0.15, 0.2) is 12.1 Å². The monoisotopic (exact) mass is 408 g/mol. The van der Waals surface area contributed by atoms with E-state index in [-0.39, 0.29) is 18.1 Å². The zero-order valence-corrected chi connectivity index (χ0v) is 17.5. The Labute approximate surface area is 176 Å². The topological polar surface area (TPSA) is 102 Å². The van der Waals surface area contributed by atoms with E-state index < -0.39 is 0 Å².